The van der Waals surface area contributed by atoms with Crippen molar-refractivity contribution in [2.75, 3.05) is 52.4 Å². The van der Waals surface area contributed by atoms with Crippen molar-refractivity contribution in [1.82, 2.24) is 15.1 Å². The molecule has 0 aliphatic carbocycles. The molecule has 0 saturated carbocycles. The lowest BCUT2D eigenvalue weighted by molar-refractivity contribution is -0.121. The zero-order chi connectivity index (χ0) is 13.9. The number of nitrogens with one attached hydrogen (secondary N) is 1. The summed E-state index contributed by atoms with van der Waals surface area (Å²) in [4.78, 5) is 16.5. The summed E-state index contributed by atoms with van der Waals surface area (Å²) in [5.41, 5.74) is 5.40. The normalized spacial score (nSPS) is 17.6. The Bertz CT molecular complexity index is 240. The van der Waals surface area contributed by atoms with Crippen molar-refractivity contribution in [3.05, 3.63) is 0 Å². The van der Waals surface area contributed by atoms with Crippen molar-refractivity contribution in [2.45, 2.75) is 32.6 Å². The highest BCUT2D eigenvalue weighted by molar-refractivity contribution is 5.75. The quantitative estimate of drug-likeness (QED) is 0.590. The summed E-state index contributed by atoms with van der Waals surface area (Å²) in [6.07, 6.45) is 3.51. The maximum atomic E-state index is 11.5. The second kappa shape index (κ2) is 10.2. The van der Waals surface area contributed by atoms with Crippen LogP contribution >= 0.6 is 0 Å². The highest BCUT2D eigenvalue weighted by Gasteiger charge is 2.14. The van der Waals surface area contributed by atoms with E-state index in [1.165, 1.54) is 13.1 Å². The van der Waals surface area contributed by atoms with Crippen molar-refractivity contribution in [3.63, 3.8) is 0 Å². The topological polar surface area (TPSA) is 61.6 Å². The number of nitrogens with two attached hydrogens (primary N) is 1. The Morgan fingerprint density at radius 3 is 2.42 bits per heavy atom. The maximum absolute atomic E-state index is 11.5. The van der Waals surface area contributed by atoms with E-state index in [0.29, 0.717) is 13.0 Å². The molecule has 0 aromatic rings. The van der Waals surface area contributed by atoms with Crippen LogP contribution in [0.3, 0.4) is 0 Å². The molecule has 0 bridgehead atoms. The number of hydrogen-bond acceptors (Lipinski definition) is 4. The molecule has 3 N–H and O–H groups in total. The van der Waals surface area contributed by atoms with E-state index < -0.39 is 0 Å². The molecule has 5 nitrogen and oxygen atoms in total. The predicted octanol–water partition coefficient (Wildman–Crippen LogP) is 0.259. The first-order chi connectivity index (χ1) is 9.26. The molecule has 1 aliphatic heterocycles. The summed E-state index contributed by atoms with van der Waals surface area (Å²) in [6.45, 7) is 10.6. The summed E-state index contributed by atoms with van der Waals surface area (Å²) in [5.74, 6) is 0.171. The first-order valence-electron chi connectivity index (χ1n) is 7.67. The Morgan fingerprint density at radius 1 is 1.11 bits per heavy atom. The summed E-state index contributed by atoms with van der Waals surface area (Å²) in [5, 5.41) is 2.98. The third-order valence-electron chi connectivity index (χ3n) is 3.74. The minimum Gasteiger partial charge on any atom is -0.356 e. The van der Waals surface area contributed by atoms with Crippen molar-refractivity contribution in [1.29, 1.82) is 0 Å². The van der Waals surface area contributed by atoms with Gasteiger partial charge in [0.25, 0.3) is 0 Å². The smallest absolute Gasteiger partial charge is 0.219 e. The minimum atomic E-state index is 0.171. The van der Waals surface area contributed by atoms with Crippen molar-refractivity contribution >= 4 is 5.91 Å². The number of likely N-dealkylation sites (N-methyl/N-ethyl adjacent to an activating group) is 1. The first kappa shape index (κ1) is 16.4. The van der Waals surface area contributed by atoms with E-state index >= 15 is 0 Å². The van der Waals surface area contributed by atoms with Crippen molar-refractivity contribution < 1.29 is 4.79 Å². The van der Waals surface area contributed by atoms with E-state index in [1.807, 2.05) is 0 Å². The molecule has 19 heavy (non-hydrogen) atoms. The first-order valence-corrected chi connectivity index (χ1v) is 7.67. The SMILES string of the molecule is CCN1CCN(CCCNC(=O)CCCCN)CC1. The molecule has 1 aliphatic rings. The highest BCUT2D eigenvalue weighted by Crippen LogP contribution is 2.01. The number of carbonyl (C=O) groups is 1. The maximum Gasteiger partial charge on any atom is 0.219 e. The van der Waals surface area contributed by atoms with Gasteiger partial charge in [-0.25, -0.2) is 0 Å². The largest absolute Gasteiger partial charge is 0.356 e. The monoisotopic (exact) mass is 270 g/mol. The fourth-order valence-corrected chi connectivity index (χ4v) is 2.38. The molecule has 1 saturated heterocycles. The van der Waals surface area contributed by atoms with Crippen molar-refractivity contribution in [3.8, 4) is 0 Å². The fraction of sp³-hybridized carbons (Fsp3) is 0.929. The number of amides is 1. The van der Waals surface area contributed by atoms with Gasteiger partial charge in [0.05, 0.1) is 0 Å². The van der Waals surface area contributed by atoms with Gasteiger partial charge in [-0.15, -0.1) is 0 Å². The van der Waals surface area contributed by atoms with Crippen LogP contribution in [0.25, 0.3) is 0 Å². The predicted molar refractivity (Wildman–Crippen MR) is 79.1 cm³/mol. The molecular weight excluding hydrogens is 240 g/mol. The molecule has 1 rings (SSSR count). The van der Waals surface area contributed by atoms with Gasteiger partial charge in [-0.2, -0.15) is 0 Å². The Morgan fingerprint density at radius 2 is 1.79 bits per heavy atom. The number of rotatable bonds is 9. The Labute approximate surface area is 117 Å². The molecule has 112 valence electrons. The molecule has 0 aromatic heterocycles. The van der Waals surface area contributed by atoms with E-state index in [4.69, 9.17) is 5.73 Å². The Hall–Kier alpha value is -0.650. The number of carbonyl (C=O) groups excluding carboxylic acids is 1. The summed E-state index contributed by atoms with van der Waals surface area (Å²) in [6, 6.07) is 0. The number of unbranched alkanes of at least 4 members (excludes halogenated alkanes) is 1. The molecule has 5 heteroatoms. The van der Waals surface area contributed by atoms with Gasteiger partial charge < -0.3 is 20.9 Å². The zero-order valence-corrected chi connectivity index (χ0v) is 12.4. The number of hydrogen-bond donors (Lipinski definition) is 2. The second-order valence-corrected chi connectivity index (χ2v) is 5.23. The van der Waals surface area contributed by atoms with Gasteiger partial charge in [0.1, 0.15) is 0 Å². The van der Waals surface area contributed by atoms with Gasteiger partial charge in [-0.3, -0.25) is 4.79 Å². The minimum absolute atomic E-state index is 0.171. The van der Waals surface area contributed by atoms with Crippen LogP contribution in [0.15, 0.2) is 0 Å². The van der Waals surface area contributed by atoms with Crippen LogP contribution in [-0.2, 0) is 4.79 Å². The molecule has 1 fully saturated rings. The van der Waals surface area contributed by atoms with E-state index in [1.54, 1.807) is 0 Å². The third kappa shape index (κ3) is 7.50. The van der Waals surface area contributed by atoms with Crippen LogP contribution in [0.1, 0.15) is 32.6 Å². The van der Waals surface area contributed by atoms with Crippen LogP contribution in [-0.4, -0.2) is 68.1 Å². The molecule has 0 radical (unpaired) electrons. The highest BCUT2D eigenvalue weighted by atomic mass is 16.1. The van der Waals surface area contributed by atoms with Crippen LogP contribution in [0.4, 0.5) is 0 Å². The van der Waals surface area contributed by atoms with Crippen LogP contribution < -0.4 is 11.1 Å². The lowest BCUT2D eigenvalue weighted by Gasteiger charge is -2.33. The van der Waals surface area contributed by atoms with Crippen LogP contribution in [0.2, 0.25) is 0 Å². The van der Waals surface area contributed by atoms with E-state index in [0.717, 1.165) is 52.0 Å². The molecular formula is C14H30N4O. The standard InChI is InChI=1S/C14H30N4O/c1-2-17-10-12-18(13-11-17)9-5-8-16-14(19)6-3-4-7-15/h2-13,15H2,1H3,(H,16,19). The average molecular weight is 270 g/mol. The van der Waals surface area contributed by atoms with Crippen LogP contribution in [0.5, 0.6) is 0 Å². The number of nitrogens with zero attached hydrogens (tertiary/aromatic N) is 2. The molecule has 0 unspecified atom stereocenters. The van der Waals surface area contributed by atoms with Crippen molar-refractivity contribution in [2.24, 2.45) is 5.73 Å². The van der Waals surface area contributed by atoms with Gasteiger partial charge >= 0.3 is 0 Å². The van der Waals surface area contributed by atoms with E-state index in [-0.39, 0.29) is 5.91 Å². The second-order valence-electron chi connectivity index (χ2n) is 5.23. The van der Waals surface area contributed by atoms with Crippen LogP contribution in [0, 0.1) is 0 Å². The van der Waals surface area contributed by atoms with Gasteiger partial charge in [0.2, 0.25) is 5.91 Å². The average Bonchev–Trinajstić information content (AvgIpc) is 2.44. The molecule has 1 amide bonds. The molecule has 1 heterocycles. The molecule has 0 aromatic carbocycles. The lowest BCUT2D eigenvalue weighted by Crippen LogP contribution is -2.46. The number of piperazine rings is 1. The summed E-state index contributed by atoms with van der Waals surface area (Å²) < 4.78 is 0. The Balaban J connectivity index is 1.94. The van der Waals surface area contributed by atoms with Gasteiger partial charge in [-0.1, -0.05) is 6.92 Å². The third-order valence-corrected chi connectivity index (χ3v) is 3.74. The van der Waals surface area contributed by atoms with E-state index in [9.17, 15) is 4.79 Å². The van der Waals surface area contributed by atoms with Gasteiger partial charge in [-0.05, 0) is 38.9 Å². The summed E-state index contributed by atoms with van der Waals surface area (Å²) >= 11 is 0. The molecule has 0 spiro atoms. The lowest BCUT2D eigenvalue weighted by atomic mass is 10.2. The van der Waals surface area contributed by atoms with E-state index in [2.05, 4.69) is 22.0 Å². The van der Waals surface area contributed by atoms with Gasteiger partial charge in [0.15, 0.2) is 0 Å². The Kier molecular flexibility index (Phi) is 8.79. The molecule has 0 atom stereocenters. The van der Waals surface area contributed by atoms with Gasteiger partial charge in [0, 0.05) is 39.1 Å². The zero-order valence-electron chi connectivity index (χ0n) is 12.4. The summed E-state index contributed by atoms with van der Waals surface area (Å²) in [7, 11) is 0. The fourth-order valence-electron chi connectivity index (χ4n) is 2.38.